The lowest BCUT2D eigenvalue weighted by molar-refractivity contribution is -0.114. The molecule has 6 heteroatoms. The van der Waals surface area contributed by atoms with Crippen LogP contribution in [-0.4, -0.2) is 33.6 Å². The average molecular weight is 555 g/mol. The van der Waals surface area contributed by atoms with E-state index in [0.29, 0.717) is 0 Å². The number of aliphatic imine (C=N–C) groups is 2. The van der Waals surface area contributed by atoms with E-state index in [1.165, 1.54) is 27.8 Å². The van der Waals surface area contributed by atoms with Crippen molar-refractivity contribution in [1.29, 1.82) is 0 Å². The summed E-state index contributed by atoms with van der Waals surface area (Å²) in [6.45, 7) is 21.2. The Morgan fingerprint density at radius 3 is 2.02 bits per heavy atom. The Morgan fingerprint density at radius 2 is 1.41 bits per heavy atom. The molecule has 218 valence electrons. The van der Waals surface area contributed by atoms with Crippen LogP contribution in [0.25, 0.3) is 18.2 Å². The zero-order valence-corrected chi connectivity index (χ0v) is 26.6. The van der Waals surface area contributed by atoms with Gasteiger partial charge in [-0.15, -0.1) is 0 Å². The Hall–Kier alpha value is -3.67. The number of aromatic nitrogens is 2. The van der Waals surface area contributed by atoms with E-state index < -0.39 is 0 Å². The number of hydrogen-bond acceptors (Lipinski definition) is 3. The molecule has 41 heavy (non-hydrogen) atoms. The Balaban J connectivity index is 1.81. The fourth-order valence-electron chi connectivity index (χ4n) is 5.91. The van der Waals surface area contributed by atoms with Gasteiger partial charge in [0, 0.05) is 33.2 Å². The Bertz CT molecular complexity index is 1650. The van der Waals surface area contributed by atoms with Crippen molar-refractivity contribution in [3.63, 3.8) is 0 Å². The summed E-state index contributed by atoms with van der Waals surface area (Å²) < 4.78 is 6.14. The monoisotopic (exact) mass is 554 g/mol. The van der Waals surface area contributed by atoms with Crippen molar-refractivity contribution in [2.45, 2.75) is 107 Å². The zero-order chi connectivity index (χ0) is 30.0. The molecule has 2 aliphatic rings. The van der Waals surface area contributed by atoms with Gasteiger partial charge in [-0.05, 0) is 118 Å². The minimum absolute atomic E-state index is 0.127. The third-order valence-corrected chi connectivity index (χ3v) is 8.66. The van der Waals surface area contributed by atoms with Gasteiger partial charge < -0.3 is 14.7 Å². The van der Waals surface area contributed by atoms with E-state index in [4.69, 9.17) is 9.73 Å². The maximum atomic E-state index is 12.3. The number of ether oxygens (including phenoxy) is 1. The highest BCUT2D eigenvalue weighted by Gasteiger charge is 2.23. The topological polar surface area (TPSA) is 82.6 Å². The molecule has 2 aromatic heterocycles. The van der Waals surface area contributed by atoms with E-state index in [1.54, 1.807) is 0 Å². The first-order chi connectivity index (χ1) is 19.6. The Kier molecular flexibility index (Phi) is 9.21. The lowest BCUT2D eigenvalue weighted by atomic mass is 10.0. The van der Waals surface area contributed by atoms with Crippen LogP contribution in [0.3, 0.4) is 0 Å². The molecule has 0 spiro atoms. The maximum absolute atomic E-state index is 12.3. The normalized spacial score (nSPS) is 18.4. The third kappa shape index (κ3) is 5.74. The minimum Gasteiger partial charge on any atom is -0.474 e. The molecule has 0 bridgehead atoms. The molecule has 0 aromatic carbocycles. The number of nitrogens with one attached hydrogen (secondary N) is 2. The van der Waals surface area contributed by atoms with E-state index in [1.807, 2.05) is 13.0 Å². The quantitative estimate of drug-likeness (QED) is 0.362. The highest BCUT2D eigenvalue weighted by Crippen LogP contribution is 2.32. The standard InChI is InChI=1S/C35H46N4O2/c1-11-19(6)41-35-23(10)27(15-5)33(39-35)17-29-21(8)25(13-3)31(37-29)18-30-24(12-2)20(7)28(36-30)16-32-26(14-4)22(9)34(40)38-32/h16-19,36-37H,11-15H2,1-10H3/b28-16+,30-18-,33-17-/t19-/m0/s1. The second-order valence-electron chi connectivity index (χ2n) is 11.1. The van der Waals surface area contributed by atoms with Crippen molar-refractivity contribution < 1.29 is 9.53 Å². The highest BCUT2D eigenvalue weighted by molar-refractivity contribution is 6.30. The van der Waals surface area contributed by atoms with Gasteiger partial charge in [-0.3, -0.25) is 4.79 Å². The first-order valence-electron chi connectivity index (χ1n) is 15.2. The predicted octanol–water partition coefficient (Wildman–Crippen LogP) is 6.70. The molecule has 2 N–H and O–H groups in total. The van der Waals surface area contributed by atoms with Gasteiger partial charge in [0.2, 0.25) is 5.90 Å². The van der Waals surface area contributed by atoms with E-state index in [9.17, 15) is 4.79 Å². The molecule has 2 aliphatic heterocycles. The number of H-pyrrole nitrogens is 2. The number of nitrogens with zero attached hydrogens (tertiary/aromatic N) is 2. The largest absolute Gasteiger partial charge is 0.474 e. The van der Waals surface area contributed by atoms with Crippen LogP contribution in [0.1, 0.15) is 108 Å². The highest BCUT2D eigenvalue weighted by atomic mass is 16.5. The van der Waals surface area contributed by atoms with Gasteiger partial charge >= 0.3 is 0 Å². The molecule has 1 atom stereocenters. The van der Waals surface area contributed by atoms with Crippen LogP contribution in [0.5, 0.6) is 0 Å². The third-order valence-electron chi connectivity index (χ3n) is 8.66. The summed E-state index contributed by atoms with van der Waals surface area (Å²) in [5.41, 5.74) is 13.1. The number of hydrogen-bond donors (Lipinski definition) is 2. The fourth-order valence-corrected chi connectivity index (χ4v) is 5.91. The molecule has 0 aliphatic carbocycles. The second-order valence-corrected chi connectivity index (χ2v) is 11.1. The molecule has 2 aromatic rings. The maximum Gasteiger partial charge on any atom is 0.273 e. The predicted molar refractivity (Wildman–Crippen MR) is 172 cm³/mol. The summed E-state index contributed by atoms with van der Waals surface area (Å²) >= 11 is 0. The SMILES string of the molecule is CCC1=C(C)C(=O)N=C1/C=c1/[nH]/c(=C\c2[nH]c(/C=C3\N=C(O[C@@H](C)CC)C(C)=C3CC)c(C)c2CC)c(CC)c1C. The van der Waals surface area contributed by atoms with Gasteiger partial charge in [0.15, 0.2) is 0 Å². The van der Waals surface area contributed by atoms with Crippen molar-refractivity contribution >= 4 is 35.7 Å². The first-order valence-corrected chi connectivity index (χ1v) is 15.2. The number of carbonyl (C=O) groups is 1. The minimum atomic E-state index is -0.127. The van der Waals surface area contributed by atoms with E-state index >= 15 is 0 Å². The molecule has 0 saturated carbocycles. The van der Waals surface area contributed by atoms with Crippen LogP contribution in [0.4, 0.5) is 0 Å². The molecule has 4 rings (SSSR count). The summed E-state index contributed by atoms with van der Waals surface area (Å²) in [5, 5.41) is 2.09. The zero-order valence-electron chi connectivity index (χ0n) is 26.6. The summed E-state index contributed by atoms with van der Waals surface area (Å²) in [5.74, 6) is 0.620. The summed E-state index contributed by atoms with van der Waals surface area (Å²) in [6, 6.07) is 0. The number of carbonyl (C=O) groups excluding carboxylic acids is 1. The van der Waals surface area contributed by atoms with Gasteiger partial charge in [0.05, 0.1) is 17.5 Å². The number of rotatable bonds is 9. The lowest BCUT2D eigenvalue weighted by Crippen LogP contribution is -2.14. The van der Waals surface area contributed by atoms with Crippen LogP contribution in [0.2, 0.25) is 0 Å². The van der Waals surface area contributed by atoms with E-state index in [2.05, 4.69) is 89.4 Å². The molecular weight excluding hydrogens is 508 g/mol. The lowest BCUT2D eigenvalue weighted by Gasteiger charge is -2.12. The van der Waals surface area contributed by atoms with Crippen molar-refractivity contribution in [3.05, 3.63) is 72.3 Å². The van der Waals surface area contributed by atoms with Crippen molar-refractivity contribution in [3.8, 4) is 0 Å². The van der Waals surface area contributed by atoms with Crippen LogP contribution in [0.15, 0.2) is 38.0 Å². The van der Waals surface area contributed by atoms with Crippen LogP contribution < -0.4 is 10.7 Å². The number of aromatic amines is 2. The molecule has 0 fully saturated rings. The molecule has 6 nitrogen and oxygen atoms in total. The Labute approximate surface area is 244 Å². The van der Waals surface area contributed by atoms with E-state index in [0.717, 1.165) is 88.2 Å². The van der Waals surface area contributed by atoms with Gasteiger partial charge in [-0.2, -0.15) is 0 Å². The number of amides is 1. The summed E-state index contributed by atoms with van der Waals surface area (Å²) in [7, 11) is 0. The second kappa shape index (κ2) is 12.5. The fraction of sp³-hybridized carbons (Fsp3) is 0.457. The van der Waals surface area contributed by atoms with Crippen molar-refractivity contribution in [2.24, 2.45) is 9.98 Å². The molecular formula is C35H46N4O2. The Morgan fingerprint density at radius 1 is 0.732 bits per heavy atom. The summed E-state index contributed by atoms with van der Waals surface area (Å²) in [6.07, 6.45) is 11.0. The molecule has 0 unspecified atom stereocenters. The van der Waals surface area contributed by atoms with Crippen molar-refractivity contribution in [2.75, 3.05) is 0 Å². The smallest absolute Gasteiger partial charge is 0.273 e. The van der Waals surface area contributed by atoms with E-state index in [-0.39, 0.29) is 12.0 Å². The van der Waals surface area contributed by atoms with Crippen molar-refractivity contribution in [1.82, 2.24) is 9.97 Å². The number of allylic oxidation sites excluding steroid dienone is 2. The summed E-state index contributed by atoms with van der Waals surface area (Å²) in [4.78, 5) is 28.9. The van der Waals surface area contributed by atoms with Crippen LogP contribution in [0, 0.1) is 13.8 Å². The first kappa shape index (κ1) is 30.3. The molecule has 0 saturated heterocycles. The van der Waals surface area contributed by atoms with Gasteiger partial charge in [0.1, 0.15) is 0 Å². The molecule has 4 heterocycles. The average Bonchev–Trinajstić information content (AvgIpc) is 3.61. The molecule has 1 amide bonds. The molecule has 0 radical (unpaired) electrons. The van der Waals surface area contributed by atoms with Crippen LogP contribution in [-0.2, 0) is 22.4 Å². The van der Waals surface area contributed by atoms with Gasteiger partial charge in [-0.25, -0.2) is 9.98 Å². The van der Waals surface area contributed by atoms with Gasteiger partial charge in [0.25, 0.3) is 5.91 Å². The van der Waals surface area contributed by atoms with Gasteiger partial charge in [-0.1, -0.05) is 34.6 Å². The van der Waals surface area contributed by atoms with Crippen LogP contribution >= 0.6 is 0 Å².